The summed E-state index contributed by atoms with van der Waals surface area (Å²) in [5.74, 6) is 0. The Morgan fingerprint density at radius 3 is 1.85 bits per heavy atom. The molecule has 0 bridgehead atoms. The van der Waals surface area contributed by atoms with Crippen molar-refractivity contribution >= 4 is 15.6 Å². The van der Waals surface area contributed by atoms with Gasteiger partial charge in [-0.15, -0.1) is 4.52 Å². The number of rotatable bonds is 6. The molecule has 0 aliphatic carbocycles. The Kier molecular flexibility index (Phi) is 5.88. The summed E-state index contributed by atoms with van der Waals surface area (Å²) in [5.41, 5.74) is -1.19. The fraction of sp³-hybridized carbons (Fsp3) is 1.00. The van der Waals surface area contributed by atoms with E-state index in [4.69, 9.17) is 4.74 Å². The third-order valence-corrected chi connectivity index (χ3v) is 5.47. The molecule has 0 N–H and O–H groups in total. The summed E-state index contributed by atoms with van der Waals surface area (Å²) in [7, 11) is -0.868. The minimum Gasteiger partial charge on any atom is -0.327 e. The first-order valence-electron chi connectivity index (χ1n) is 3.30. The lowest BCUT2D eigenvalue weighted by Crippen LogP contribution is -2.09. The molecule has 0 fully saturated rings. The maximum Gasteiger partial charge on any atom is 0.553 e. The van der Waals surface area contributed by atoms with Gasteiger partial charge in [0.25, 0.3) is 0 Å². The molecule has 8 heteroatoms. The number of ether oxygens (including phenoxy) is 1. The molecule has 0 saturated heterocycles. The molecule has 78 valence electrons. The molecule has 0 rings (SSSR count). The Labute approximate surface area is 77.9 Å². The summed E-state index contributed by atoms with van der Waals surface area (Å²) < 4.78 is 41.3. The topological polar surface area (TPSA) is 71.1 Å². The van der Waals surface area contributed by atoms with Crippen LogP contribution in [0.15, 0.2) is 0 Å². The summed E-state index contributed by atoms with van der Waals surface area (Å²) in [6.07, 6.45) is 0. The number of hydrogen-bond acceptors (Lipinski definition) is 6. The van der Waals surface area contributed by atoms with Crippen LogP contribution in [0.5, 0.6) is 0 Å². The van der Waals surface area contributed by atoms with E-state index >= 15 is 0 Å². The van der Waals surface area contributed by atoms with Crippen molar-refractivity contribution in [1.82, 2.24) is 0 Å². The van der Waals surface area contributed by atoms with Crippen LogP contribution >= 0.6 is 15.6 Å². The van der Waals surface area contributed by atoms with E-state index in [1.165, 1.54) is 28.4 Å². The number of methoxy groups -OCH3 is 1. The normalized spacial score (nSPS) is 15.5. The van der Waals surface area contributed by atoms with Crippen molar-refractivity contribution in [3.63, 3.8) is 0 Å². The zero-order valence-corrected chi connectivity index (χ0v) is 9.71. The van der Waals surface area contributed by atoms with E-state index in [0.717, 1.165) is 0 Å². The van der Waals surface area contributed by atoms with Gasteiger partial charge < -0.3 is 13.8 Å². The molecule has 13 heavy (non-hydrogen) atoms. The molecular weight excluding hydrogens is 218 g/mol. The smallest absolute Gasteiger partial charge is 0.327 e. The predicted octanol–water partition coefficient (Wildman–Crippen LogP) is 1.79. The molecule has 6 nitrogen and oxygen atoms in total. The molecule has 0 aliphatic heterocycles. The van der Waals surface area contributed by atoms with Crippen LogP contribution in [0.3, 0.4) is 0 Å². The Hall–Kier alpha value is 0.170. The Bertz CT molecular complexity index is 209. The minimum absolute atomic E-state index is 1.19. The van der Waals surface area contributed by atoms with Gasteiger partial charge in [0.05, 0.1) is 7.11 Å². The zero-order chi connectivity index (χ0) is 10.5. The Morgan fingerprint density at radius 2 is 1.62 bits per heavy atom. The summed E-state index contributed by atoms with van der Waals surface area (Å²) in [5, 5.41) is 0. The van der Waals surface area contributed by atoms with E-state index in [0.29, 0.717) is 0 Å². The second-order valence-electron chi connectivity index (χ2n) is 1.93. The van der Waals surface area contributed by atoms with Gasteiger partial charge in [0.1, 0.15) is 0 Å². The van der Waals surface area contributed by atoms with Gasteiger partial charge in [-0.05, 0) is 4.57 Å². The van der Waals surface area contributed by atoms with Gasteiger partial charge in [0, 0.05) is 21.3 Å². The zero-order valence-electron chi connectivity index (χ0n) is 7.92. The molecule has 2 atom stereocenters. The standard InChI is InChI=1S/C5H13O6P2/c1-8-5(12(6)9-2)13(7,10-3)11-4/h5H,1-4H3/q+1. The first-order valence-corrected chi connectivity index (χ1v) is 6.16. The highest BCUT2D eigenvalue weighted by molar-refractivity contribution is 7.66. The molecule has 2 unspecified atom stereocenters. The third-order valence-electron chi connectivity index (χ3n) is 1.35. The van der Waals surface area contributed by atoms with E-state index in [2.05, 4.69) is 13.6 Å². The van der Waals surface area contributed by atoms with Crippen molar-refractivity contribution in [3.8, 4) is 0 Å². The summed E-state index contributed by atoms with van der Waals surface area (Å²) in [4.78, 5) is 0. The van der Waals surface area contributed by atoms with E-state index in [9.17, 15) is 9.13 Å². The first-order chi connectivity index (χ1) is 6.05. The molecule has 0 heterocycles. The third kappa shape index (κ3) is 3.09. The first kappa shape index (κ1) is 13.2. The molecule has 0 aromatic rings. The SMILES string of the molecule is COC([P+](=O)OC)P(=O)(OC)OC. The Balaban J connectivity index is 4.73. The van der Waals surface area contributed by atoms with E-state index in [-0.39, 0.29) is 0 Å². The van der Waals surface area contributed by atoms with Crippen LogP contribution in [-0.4, -0.2) is 34.0 Å². The van der Waals surface area contributed by atoms with Crippen LogP contribution in [-0.2, 0) is 27.4 Å². The second kappa shape index (κ2) is 5.81. The molecule has 0 radical (unpaired) electrons. The predicted molar refractivity (Wildman–Crippen MR) is 47.0 cm³/mol. The lowest BCUT2D eigenvalue weighted by Gasteiger charge is -2.13. The van der Waals surface area contributed by atoms with Crippen molar-refractivity contribution in [1.29, 1.82) is 0 Å². The van der Waals surface area contributed by atoms with Gasteiger partial charge in [-0.25, -0.2) is 0 Å². The average Bonchev–Trinajstić information content (AvgIpc) is 2.18. The maximum atomic E-state index is 11.6. The molecule has 0 amide bonds. The van der Waals surface area contributed by atoms with Gasteiger partial charge in [0.15, 0.2) is 0 Å². The summed E-state index contributed by atoms with van der Waals surface area (Å²) >= 11 is 0. The minimum atomic E-state index is -3.49. The van der Waals surface area contributed by atoms with Crippen molar-refractivity contribution in [2.75, 3.05) is 28.4 Å². The molecule has 0 aromatic heterocycles. The highest BCUT2D eigenvalue weighted by Crippen LogP contribution is 2.60. The summed E-state index contributed by atoms with van der Waals surface area (Å²) in [6, 6.07) is 0. The van der Waals surface area contributed by atoms with Crippen LogP contribution in [0.25, 0.3) is 0 Å². The number of hydrogen-bond donors (Lipinski definition) is 0. The van der Waals surface area contributed by atoms with Gasteiger partial charge >= 0.3 is 21.2 Å². The molecule has 0 aliphatic rings. The molecular formula is C5H13O6P2+. The largest absolute Gasteiger partial charge is 0.553 e. The van der Waals surface area contributed by atoms with Crippen LogP contribution in [0.4, 0.5) is 0 Å². The van der Waals surface area contributed by atoms with Crippen LogP contribution < -0.4 is 0 Å². The van der Waals surface area contributed by atoms with Gasteiger partial charge in [-0.2, -0.15) is 0 Å². The van der Waals surface area contributed by atoms with Crippen LogP contribution in [0.2, 0.25) is 0 Å². The van der Waals surface area contributed by atoms with Crippen molar-refractivity contribution < 1.29 is 27.4 Å². The molecule has 0 spiro atoms. The van der Waals surface area contributed by atoms with Crippen molar-refractivity contribution in [2.45, 2.75) is 5.59 Å². The Morgan fingerprint density at radius 1 is 1.15 bits per heavy atom. The lowest BCUT2D eigenvalue weighted by molar-refractivity contribution is 0.159. The highest BCUT2D eigenvalue weighted by Gasteiger charge is 2.51. The maximum absolute atomic E-state index is 11.6. The summed E-state index contributed by atoms with van der Waals surface area (Å²) in [6.45, 7) is 0. The van der Waals surface area contributed by atoms with E-state index in [1.807, 2.05) is 0 Å². The lowest BCUT2D eigenvalue weighted by atomic mass is 11.5. The quantitative estimate of drug-likeness (QED) is 0.649. The molecule has 0 saturated carbocycles. The van der Waals surface area contributed by atoms with Gasteiger partial charge in [-0.1, -0.05) is 0 Å². The fourth-order valence-corrected chi connectivity index (χ4v) is 3.57. The average molecular weight is 231 g/mol. The van der Waals surface area contributed by atoms with E-state index < -0.39 is 21.2 Å². The van der Waals surface area contributed by atoms with Crippen molar-refractivity contribution in [3.05, 3.63) is 0 Å². The van der Waals surface area contributed by atoms with Crippen LogP contribution in [0.1, 0.15) is 0 Å². The van der Waals surface area contributed by atoms with Crippen molar-refractivity contribution in [2.24, 2.45) is 0 Å². The monoisotopic (exact) mass is 231 g/mol. The molecule has 0 aromatic carbocycles. The fourth-order valence-electron chi connectivity index (χ4n) is 0.676. The highest BCUT2D eigenvalue weighted by atomic mass is 31.2. The van der Waals surface area contributed by atoms with Gasteiger partial charge in [-0.3, -0.25) is 4.57 Å². The second-order valence-corrected chi connectivity index (χ2v) is 6.03. The van der Waals surface area contributed by atoms with Crippen LogP contribution in [0, 0.1) is 0 Å². The van der Waals surface area contributed by atoms with Gasteiger partial charge in [0.2, 0.25) is 0 Å². The van der Waals surface area contributed by atoms with E-state index in [1.54, 1.807) is 0 Å².